The average Bonchev–Trinajstić information content (AvgIpc) is 3.00. The van der Waals surface area contributed by atoms with Gasteiger partial charge in [0, 0.05) is 16.6 Å². The Kier molecular flexibility index (Phi) is 6.05. The molecule has 0 radical (unpaired) electrons. The van der Waals surface area contributed by atoms with Crippen molar-refractivity contribution >= 4 is 50.8 Å². The Balaban J connectivity index is 1.61. The number of nitrogens with one attached hydrogen (secondary N) is 1. The number of halogens is 2. The van der Waals surface area contributed by atoms with E-state index in [1.165, 1.54) is 24.0 Å². The number of fused-ring (bicyclic) bond motifs is 1. The summed E-state index contributed by atoms with van der Waals surface area (Å²) in [5.74, 6) is -0.518. The molecule has 1 heterocycles. The first kappa shape index (κ1) is 18.6. The van der Waals surface area contributed by atoms with Gasteiger partial charge >= 0.3 is 0 Å². The predicted molar refractivity (Wildman–Crippen MR) is 106 cm³/mol. The molecule has 0 saturated heterocycles. The number of thioether (sulfide) groups is 1. The van der Waals surface area contributed by atoms with Gasteiger partial charge in [-0.2, -0.15) is 5.10 Å². The molecule has 0 saturated carbocycles. The summed E-state index contributed by atoms with van der Waals surface area (Å²) in [6.45, 7) is 2.81. The average molecular weight is 435 g/mol. The first-order valence-corrected chi connectivity index (χ1v) is 9.71. The van der Waals surface area contributed by atoms with E-state index in [2.05, 4.69) is 36.0 Å². The van der Waals surface area contributed by atoms with Crippen molar-refractivity contribution in [1.82, 2.24) is 15.0 Å². The molecule has 134 valence electrons. The van der Waals surface area contributed by atoms with Crippen LogP contribution in [0, 0.1) is 5.82 Å². The van der Waals surface area contributed by atoms with Crippen molar-refractivity contribution in [2.45, 2.75) is 18.6 Å². The third-order valence-electron chi connectivity index (χ3n) is 3.62. The monoisotopic (exact) mass is 434 g/mol. The maximum atomic E-state index is 13.6. The van der Waals surface area contributed by atoms with Gasteiger partial charge in [0.05, 0.1) is 23.0 Å². The number of hydrogen-bond donors (Lipinski definition) is 1. The Labute approximate surface area is 162 Å². The summed E-state index contributed by atoms with van der Waals surface area (Å²) in [5, 5.41) is 4.60. The molecular weight excluding hydrogens is 419 g/mol. The fourth-order valence-electron chi connectivity index (χ4n) is 2.42. The Morgan fingerprint density at radius 3 is 3.00 bits per heavy atom. The van der Waals surface area contributed by atoms with Crippen molar-refractivity contribution in [2.24, 2.45) is 5.10 Å². The Hall–Kier alpha value is -2.19. The van der Waals surface area contributed by atoms with Crippen molar-refractivity contribution in [3.63, 3.8) is 0 Å². The van der Waals surface area contributed by atoms with Crippen molar-refractivity contribution in [3.05, 3.63) is 58.3 Å². The highest BCUT2D eigenvalue weighted by Gasteiger charge is 2.11. The zero-order valence-corrected chi connectivity index (χ0v) is 16.3. The van der Waals surface area contributed by atoms with Gasteiger partial charge in [0.2, 0.25) is 0 Å². The highest BCUT2D eigenvalue weighted by atomic mass is 79.9. The summed E-state index contributed by atoms with van der Waals surface area (Å²) in [6.07, 6.45) is 1.28. The molecular formula is C18H16BrFN4OS. The topological polar surface area (TPSA) is 59.3 Å². The van der Waals surface area contributed by atoms with Gasteiger partial charge in [-0.05, 0) is 37.3 Å². The van der Waals surface area contributed by atoms with E-state index in [0.29, 0.717) is 5.56 Å². The lowest BCUT2D eigenvalue weighted by atomic mass is 10.2. The molecule has 0 atom stereocenters. The summed E-state index contributed by atoms with van der Waals surface area (Å²) < 4.78 is 16.4. The van der Waals surface area contributed by atoms with Crippen LogP contribution in [0.2, 0.25) is 0 Å². The van der Waals surface area contributed by atoms with E-state index >= 15 is 0 Å². The van der Waals surface area contributed by atoms with Gasteiger partial charge in [0.15, 0.2) is 5.16 Å². The molecule has 0 spiro atoms. The van der Waals surface area contributed by atoms with Crippen LogP contribution in [0.15, 0.2) is 57.2 Å². The van der Waals surface area contributed by atoms with Crippen LogP contribution in [0.25, 0.3) is 11.0 Å². The van der Waals surface area contributed by atoms with E-state index in [-0.39, 0.29) is 11.7 Å². The number of carbonyl (C=O) groups is 1. The molecule has 0 unspecified atom stereocenters. The third kappa shape index (κ3) is 4.31. The Bertz CT molecular complexity index is 973. The number of imidazole rings is 1. The lowest BCUT2D eigenvalue weighted by Gasteiger charge is -2.05. The molecule has 1 amide bonds. The SMILES string of the molecule is CCn1c(SCC(=O)NN=Cc2cc(Br)ccc2F)nc2ccccc21. The number of carbonyl (C=O) groups excluding carboxylic acids is 1. The first-order chi connectivity index (χ1) is 12.6. The van der Waals surface area contributed by atoms with Crippen LogP contribution in [0.3, 0.4) is 0 Å². The fraction of sp³-hybridized carbons (Fsp3) is 0.167. The van der Waals surface area contributed by atoms with Crippen LogP contribution in [0.4, 0.5) is 4.39 Å². The van der Waals surface area contributed by atoms with E-state index in [9.17, 15) is 9.18 Å². The number of aromatic nitrogens is 2. The maximum absolute atomic E-state index is 13.6. The maximum Gasteiger partial charge on any atom is 0.250 e. The number of rotatable bonds is 6. The van der Waals surface area contributed by atoms with Crippen molar-refractivity contribution < 1.29 is 9.18 Å². The van der Waals surface area contributed by atoms with Crippen molar-refractivity contribution in [1.29, 1.82) is 0 Å². The standard InChI is InChI=1S/C18H16BrFN4OS/c1-2-24-16-6-4-3-5-15(16)22-18(24)26-11-17(25)23-21-10-12-9-13(19)7-8-14(12)20/h3-10H,2,11H2,1H3,(H,23,25). The van der Waals surface area contributed by atoms with E-state index in [0.717, 1.165) is 27.2 Å². The zero-order chi connectivity index (χ0) is 18.5. The second-order valence-electron chi connectivity index (χ2n) is 5.38. The van der Waals surface area contributed by atoms with Gasteiger partial charge in [0.1, 0.15) is 5.82 Å². The van der Waals surface area contributed by atoms with Crippen LogP contribution in [0.5, 0.6) is 0 Å². The Morgan fingerprint density at radius 1 is 1.38 bits per heavy atom. The summed E-state index contributed by atoms with van der Waals surface area (Å²) >= 11 is 4.61. The van der Waals surface area contributed by atoms with E-state index in [1.54, 1.807) is 12.1 Å². The van der Waals surface area contributed by atoms with Crippen LogP contribution in [0.1, 0.15) is 12.5 Å². The summed E-state index contributed by atoms with van der Waals surface area (Å²) in [6, 6.07) is 12.4. The molecule has 0 bridgehead atoms. The minimum Gasteiger partial charge on any atom is -0.319 e. The van der Waals surface area contributed by atoms with Gasteiger partial charge in [-0.15, -0.1) is 0 Å². The molecule has 2 aromatic carbocycles. The second-order valence-corrected chi connectivity index (χ2v) is 7.23. The van der Waals surface area contributed by atoms with Gasteiger partial charge in [0.25, 0.3) is 5.91 Å². The number of aryl methyl sites for hydroxylation is 1. The molecule has 0 aliphatic heterocycles. The molecule has 1 N–H and O–H groups in total. The number of nitrogens with zero attached hydrogens (tertiary/aromatic N) is 3. The molecule has 0 aliphatic carbocycles. The lowest BCUT2D eigenvalue weighted by Crippen LogP contribution is -2.20. The van der Waals surface area contributed by atoms with Gasteiger partial charge in [-0.3, -0.25) is 4.79 Å². The van der Waals surface area contributed by atoms with E-state index in [4.69, 9.17) is 0 Å². The molecule has 3 aromatic rings. The van der Waals surface area contributed by atoms with Gasteiger partial charge in [-0.25, -0.2) is 14.8 Å². The third-order valence-corrected chi connectivity index (χ3v) is 5.09. The normalized spacial score (nSPS) is 11.3. The van der Waals surface area contributed by atoms with Gasteiger partial charge < -0.3 is 4.57 Å². The highest BCUT2D eigenvalue weighted by molar-refractivity contribution is 9.10. The molecule has 8 heteroatoms. The molecule has 5 nitrogen and oxygen atoms in total. The lowest BCUT2D eigenvalue weighted by molar-refractivity contribution is -0.118. The first-order valence-electron chi connectivity index (χ1n) is 7.93. The molecule has 0 fully saturated rings. The number of para-hydroxylation sites is 2. The fourth-order valence-corrected chi connectivity index (χ4v) is 3.67. The molecule has 26 heavy (non-hydrogen) atoms. The zero-order valence-electron chi connectivity index (χ0n) is 13.9. The van der Waals surface area contributed by atoms with Crippen LogP contribution < -0.4 is 5.43 Å². The van der Waals surface area contributed by atoms with Crippen LogP contribution >= 0.6 is 27.7 Å². The summed E-state index contributed by atoms with van der Waals surface area (Å²) in [7, 11) is 0. The second kappa shape index (κ2) is 8.46. The number of amides is 1. The number of hydrogen-bond acceptors (Lipinski definition) is 4. The molecule has 0 aliphatic rings. The molecule has 1 aromatic heterocycles. The van der Waals surface area contributed by atoms with E-state index in [1.807, 2.05) is 31.2 Å². The van der Waals surface area contributed by atoms with E-state index < -0.39 is 5.82 Å². The Morgan fingerprint density at radius 2 is 2.19 bits per heavy atom. The minimum atomic E-state index is -0.405. The summed E-state index contributed by atoms with van der Waals surface area (Å²) in [4.78, 5) is 16.5. The number of hydrazone groups is 1. The predicted octanol–water partition coefficient (Wildman–Crippen LogP) is 4.20. The smallest absolute Gasteiger partial charge is 0.250 e. The minimum absolute atomic E-state index is 0.168. The van der Waals surface area contributed by atoms with Crippen LogP contribution in [-0.4, -0.2) is 27.4 Å². The largest absolute Gasteiger partial charge is 0.319 e. The van der Waals surface area contributed by atoms with Crippen molar-refractivity contribution in [3.8, 4) is 0 Å². The van der Waals surface area contributed by atoms with Crippen molar-refractivity contribution in [2.75, 3.05) is 5.75 Å². The highest BCUT2D eigenvalue weighted by Crippen LogP contribution is 2.23. The number of benzene rings is 2. The summed E-state index contributed by atoms with van der Waals surface area (Å²) in [5.41, 5.74) is 4.65. The molecule has 3 rings (SSSR count). The quantitative estimate of drug-likeness (QED) is 0.359. The van der Waals surface area contributed by atoms with Gasteiger partial charge in [-0.1, -0.05) is 39.8 Å². The van der Waals surface area contributed by atoms with Crippen LogP contribution in [-0.2, 0) is 11.3 Å².